The van der Waals surface area contributed by atoms with Crippen LogP contribution in [0, 0.1) is 5.92 Å². The van der Waals surface area contributed by atoms with Crippen molar-refractivity contribution < 1.29 is 0 Å². The van der Waals surface area contributed by atoms with Crippen molar-refractivity contribution in [2.24, 2.45) is 10.9 Å². The highest BCUT2D eigenvalue weighted by Gasteiger charge is 2.37. The minimum Gasteiger partial charge on any atom is -0.353 e. The van der Waals surface area contributed by atoms with Gasteiger partial charge in [0.15, 0.2) is 5.96 Å². The average molecular weight is 279 g/mol. The maximum absolute atomic E-state index is 4.61. The summed E-state index contributed by atoms with van der Waals surface area (Å²) >= 11 is 1.75. The van der Waals surface area contributed by atoms with Gasteiger partial charge in [-0.15, -0.1) is 0 Å². The Morgan fingerprint density at radius 2 is 2.37 bits per heavy atom. The first-order valence-corrected chi connectivity index (χ1v) is 8.22. The molecule has 0 aromatic carbocycles. The molecule has 19 heavy (non-hydrogen) atoms. The fourth-order valence-corrected chi connectivity index (χ4v) is 3.10. The molecule has 1 aromatic heterocycles. The van der Waals surface area contributed by atoms with E-state index in [1.807, 2.05) is 0 Å². The lowest BCUT2D eigenvalue weighted by atomic mass is 10.2. The maximum Gasteiger partial charge on any atom is 0.194 e. The maximum atomic E-state index is 4.61. The van der Waals surface area contributed by atoms with E-state index in [9.17, 15) is 0 Å². The summed E-state index contributed by atoms with van der Waals surface area (Å²) in [6, 6.07) is 2.83. The van der Waals surface area contributed by atoms with Gasteiger partial charge in [-0.3, -0.25) is 4.99 Å². The van der Waals surface area contributed by atoms with Crippen LogP contribution in [0.15, 0.2) is 21.8 Å². The van der Waals surface area contributed by atoms with Crippen molar-refractivity contribution in [3.05, 3.63) is 22.4 Å². The largest absolute Gasteiger partial charge is 0.353 e. The van der Waals surface area contributed by atoms with Gasteiger partial charge in [0.2, 0.25) is 0 Å². The molecule has 0 amide bonds. The Hall–Kier alpha value is -1.03. The van der Waals surface area contributed by atoms with Crippen molar-refractivity contribution in [2.45, 2.75) is 45.7 Å². The first-order valence-electron chi connectivity index (χ1n) is 7.27. The summed E-state index contributed by atoms with van der Waals surface area (Å²) in [6.07, 6.45) is 3.93. The Balaban J connectivity index is 1.87. The second-order valence-electron chi connectivity index (χ2n) is 5.32. The van der Waals surface area contributed by atoms with E-state index in [4.69, 9.17) is 0 Å². The molecule has 1 heterocycles. The molecular weight excluding hydrogens is 254 g/mol. The first-order chi connectivity index (χ1) is 9.24. The molecule has 1 aromatic rings. The number of nitrogens with zero attached hydrogens (tertiary/aromatic N) is 2. The van der Waals surface area contributed by atoms with Crippen molar-refractivity contribution in [1.82, 2.24) is 10.2 Å². The van der Waals surface area contributed by atoms with E-state index >= 15 is 0 Å². The normalized spacial score (nSPS) is 22.4. The lowest BCUT2D eigenvalue weighted by molar-refractivity contribution is 0.472. The third-order valence-corrected chi connectivity index (χ3v) is 4.30. The van der Waals surface area contributed by atoms with Gasteiger partial charge in [0, 0.05) is 26.2 Å². The van der Waals surface area contributed by atoms with Gasteiger partial charge >= 0.3 is 0 Å². The van der Waals surface area contributed by atoms with Gasteiger partial charge in [-0.1, -0.05) is 13.3 Å². The number of rotatable bonds is 6. The molecule has 0 aliphatic heterocycles. The van der Waals surface area contributed by atoms with Gasteiger partial charge in [-0.2, -0.15) is 11.3 Å². The van der Waals surface area contributed by atoms with Crippen LogP contribution in [-0.4, -0.2) is 30.5 Å². The predicted molar refractivity (Wildman–Crippen MR) is 83.7 cm³/mol. The summed E-state index contributed by atoms with van der Waals surface area (Å²) in [6.45, 7) is 6.12. The number of aliphatic imine (C=N–C) groups is 1. The Morgan fingerprint density at radius 1 is 1.53 bits per heavy atom. The van der Waals surface area contributed by atoms with Crippen molar-refractivity contribution in [2.75, 3.05) is 13.6 Å². The SMILES string of the molecule is CCCC1CC1NC(=NCC)N(C)Cc1ccsc1. The van der Waals surface area contributed by atoms with Crippen LogP contribution in [0.5, 0.6) is 0 Å². The molecule has 1 fully saturated rings. The highest BCUT2D eigenvalue weighted by atomic mass is 32.1. The molecule has 1 aliphatic rings. The molecule has 2 unspecified atom stereocenters. The second kappa shape index (κ2) is 6.94. The minimum atomic E-state index is 0.648. The number of thiophene rings is 1. The number of nitrogens with one attached hydrogen (secondary N) is 1. The van der Waals surface area contributed by atoms with E-state index < -0.39 is 0 Å². The summed E-state index contributed by atoms with van der Waals surface area (Å²) in [5.74, 6) is 1.92. The Kier molecular flexibility index (Phi) is 5.25. The van der Waals surface area contributed by atoms with Crippen LogP contribution in [0.4, 0.5) is 0 Å². The molecule has 3 nitrogen and oxygen atoms in total. The summed E-state index contributed by atoms with van der Waals surface area (Å²) < 4.78 is 0. The summed E-state index contributed by atoms with van der Waals surface area (Å²) in [5.41, 5.74) is 1.36. The zero-order valence-corrected chi connectivity index (χ0v) is 13.0. The molecule has 0 spiro atoms. The number of hydrogen-bond donors (Lipinski definition) is 1. The van der Waals surface area contributed by atoms with Gasteiger partial charge < -0.3 is 10.2 Å². The molecule has 0 saturated heterocycles. The van der Waals surface area contributed by atoms with Gasteiger partial charge in [-0.25, -0.2) is 0 Å². The lowest BCUT2D eigenvalue weighted by Gasteiger charge is -2.22. The molecule has 2 rings (SSSR count). The van der Waals surface area contributed by atoms with Crippen LogP contribution in [0.1, 0.15) is 38.7 Å². The van der Waals surface area contributed by atoms with Crippen LogP contribution >= 0.6 is 11.3 Å². The molecular formula is C15H25N3S. The molecule has 4 heteroatoms. The minimum absolute atomic E-state index is 0.648. The Labute approximate surface area is 120 Å². The van der Waals surface area contributed by atoms with Crippen LogP contribution in [0.3, 0.4) is 0 Å². The topological polar surface area (TPSA) is 27.6 Å². The van der Waals surface area contributed by atoms with E-state index in [0.717, 1.165) is 25.0 Å². The Morgan fingerprint density at radius 3 is 3.00 bits per heavy atom. The zero-order chi connectivity index (χ0) is 13.7. The van der Waals surface area contributed by atoms with Crippen molar-refractivity contribution in [3.8, 4) is 0 Å². The molecule has 106 valence electrons. The van der Waals surface area contributed by atoms with Crippen LogP contribution in [-0.2, 0) is 6.54 Å². The summed E-state index contributed by atoms with van der Waals surface area (Å²) in [5, 5.41) is 7.95. The molecule has 2 atom stereocenters. The van der Waals surface area contributed by atoms with Crippen molar-refractivity contribution >= 4 is 17.3 Å². The number of guanidine groups is 1. The van der Waals surface area contributed by atoms with Gasteiger partial charge in [0.05, 0.1) is 0 Å². The Bertz CT molecular complexity index is 400. The smallest absolute Gasteiger partial charge is 0.194 e. The fraction of sp³-hybridized carbons (Fsp3) is 0.667. The van der Waals surface area contributed by atoms with E-state index in [1.165, 1.54) is 24.8 Å². The quantitative estimate of drug-likeness (QED) is 0.639. The second-order valence-corrected chi connectivity index (χ2v) is 6.10. The van der Waals surface area contributed by atoms with Gasteiger partial charge in [0.1, 0.15) is 0 Å². The fourth-order valence-electron chi connectivity index (χ4n) is 2.44. The molecule has 0 bridgehead atoms. The van der Waals surface area contributed by atoms with E-state index in [-0.39, 0.29) is 0 Å². The third kappa shape index (κ3) is 4.23. The lowest BCUT2D eigenvalue weighted by Crippen LogP contribution is -2.40. The summed E-state index contributed by atoms with van der Waals surface area (Å²) in [4.78, 5) is 6.84. The highest BCUT2D eigenvalue weighted by Crippen LogP contribution is 2.34. The van der Waals surface area contributed by atoms with E-state index in [1.54, 1.807) is 11.3 Å². The van der Waals surface area contributed by atoms with E-state index in [0.29, 0.717) is 6.04 Å². The average Bonchev–Trinajstić information content (AvgIpc) is 2.90. The first kappa shape index (κ1) is 14.4. The highest BCUT2D eigenvalue weighted by molar-refractivity contribution is 7.07. The van der Waals surface area contributed by atoms with E-state index in [2.05, 4.69) is 52.9 Å². The van der Waals surface area contributed by atoms with Gasteiger partial charge in [0.25, 0.3) is 0 Å². The predicted octanol–water partition coefficient (Wildman–Crippen LogP) is 3.33. The number of hydrogen-bond acceptors (Lipinski definition) is 2. The summed E-state index contributed by atoms with van der Waals surface area (Å²) in [7, 11) is 2.12. The van der Waals surface area contributed by atoms with Crippen LogP contribution in [0.25, 0.3) is 0 Å². The molecule has 1 N–H and O–H groups in total. The molecule has 1 aliphatic carbocycles. The molecule has 0 radical (unpaired) electrons. The van der Waals surface area contributed by atoms with Gasteiger partial charge in [-0.05, 0) is 48.1 Å². The van der Waals surface area contributed by atoms with Crippen molar-refractivity contribution in [3.63, 3.8) is 0 Å². The third-order valence-electron chi connectivity index (χ3n) is 3.57. The standard InChI is InChI=1S/C15H25N3S/c1-4-6-13-9-14(13)17-15(16-5-2)18(3)10-12-7-8-19-11-12/h7-8,11,13-14H,4-6,9-10H2,1-3H3,(H,16,17). The van der Waals surface area contributed by atoms with Crippen LogP contribution in [0.2, 0.25) is 0 Å². The molecule has 1 saturated carbocycles. The zero-order valence-electron chi connectivity index (χ0n) is 12.2. The van der Waals surface area contributed by atoms with Crippen molar-refractivity contribution in [1.29, 1.82) is 0 Å². The van der Waals surface area contributed by atoms with Crippen LogP contribution < -0.4 is 5.32 Å². The monoisotopic (exact) mass is 279 g/mol.